The lowest BCUT2D eigenvalue weighted by molar-refractivity contribution is 0.00578. The van der Waals surface area contributed by atoms with Crippen molar-refractivity contribution in [1.82, 2.24) is 0 Å². The molecule has 2 nitrogen and oxygen atoms in total. The van der Waals surface area contributed by atoms with Crippen LogP contribution in [0.15, 0.2) is 24.3 Å². The molecule has 2 rings (SSSR count). The quantitative estimate of drug-likeness (QED) is 0.178. The average Bonchev–Trinajstić information content (AvgIpc) is 2.98. The summed E-state index contributed by atoms with van der Waals surface area (Å²) in [5.41, 5.74) is 2.01. The first-order valence-corrected chi connectivity index (χ1v) is 13.8. The van der Waals surface area contributed by atoms with Crippen molar-refractivity contribution in [3.05, 3.63) is 29.8 Å². The van der Waals surface area contributed by atoms with Crippen molar-refractivity contribution in [1.29, 1.82) is 0 Å². The maximum atomic E-state index is 6.16. The van der Waals surface area contributed by atoms with Crippen LogP contribution in [0.1, 0.15) is 136 Å². The molecule has 0 unspecified atom stereocenters. The Kier molecular flexibility index (Phi) is 12.4. The van der Waals surface area contributed by atoms with Crippen LogP contribution in [-0.4, -0.2) is 18.3 Å². The molecule has 1 aromatic rings. The lowest BCUT2D eigenvalue weighted by atomic mass is 9.78. The average molecular weight is 443 g/mol. The summed E-state index contributed by atoms with van der Waals surface area (Å²) >= 11 is 0. The molecule has 3 heteroatoms. The fourth-order valence-corrected chi connectivity index (χ4v) is 4.52. The van der Waals surface area contributed by atoms with E-state index in [9.17, 15) is 0 Å². The minimum atomic E-state index is -0.274. The number of unbranched alkanes of at least 4 members (excludes halogenated alkanes) is 14. The van der Waals surface area contributed by atoms with Crippen molar-refractivity contribution in [3.63, 3.8) is 0 Å². The van der Waals surface area contributed by atoms with Crippen molar-refractivity contribution >= 4 is 12.6 Å². The number of hydrogen-bond acceptors (Lipinski definition) is 2. The van der Waals surface area contributed by atoms with Crippen LogP contribution in [-0.2, 0) is 15.7 Å². The molecule has 0 N–H and O–H groups in total. The summed E-state index contributed by atoms with van der Waals surface area (Å²) in [6.45, 7) is 10.7. The molecule has 0 aliphatic carbocycles. The third-order valence-corrected chi connectivity index (χ3v) is 7.57. The molecule has 182 valence electrons. The van der Waals surface area contributed by atoms with Crippen LogP contribution in [0.3, 0.4) is 0 Å². The first-order valence-electron chi connectivity index (χ1n) is 13.8. The van der Waals surface area contributed by atoms with Crippen LogP contribution in [0.5, 0.6) is 0 Å². The Morgan fingerprint density at radius 1 is 0.562 bits per heavy atom. The maximum absolute atomic E-state index is 6.16. The molecule has 1 aliphatic rings. The van der Waals surface area contributed by atoms with Gasteiger partial charge in [-0.1, -0.05) is 121 Å². The number of hydrogen-bond donors (Lipinski definition) is 0. The van der Waals surface area contributed by atoms with Gasteiger partial charge in [-0.05, 0) is 51.6 Å². The van der Waals surface area contributed by atoms with Crippen molar-refractivity contribution in [2.75, 3.05) is 0 Å². The molecular formula is C29H51BO2. The zero-order valence-electron chi connectivity index (χ0n) is 22.0. The highest BCUT2D eigenvalue weighted by molar-refractivity contribution is 6.62. The van der Waals surface area contributed by atoms with Crippen molar-refractivity contribution in [2.24, 2.45) is 0 Å². The highest BCUT2D eigenvalue weighted by Gasteiger charge is 2.51. The lowest BCUT2D eigenvalue weighted by Gasteiger charge is -2.32. The predicted octanol–water partition coefficient (Wildman–Crippen LogP) is 8.40. The molecule has 1 aliphatic heterocycles. The molecule has 0 amide bonds. The molecule has 1 saturated heterocycles. The maximum Gasteiger partial charge on any atom is 0.494 e. The zero-order valence-corrected chi connectivity index (χ0v) is 22.0. The zero-order chi connectivity index (χ0) is 23.3. The van der Waals surface area contributed by atoms with Crippen molar-refractivity contribution < 1.29 is 9.31 Å². The summed E-state index contributed by atoms with van der Waals surface area (Å²) in [5.74, 6) is 0. The van der Waals surface area contributed by atoms with Gasteiger partial charge in [-0.3, -0.25) is 0 Å². The Labute approximate surface area is 200 Å². The highest BCUT2D eigenvalue weighted by atomic mass is 16.7. The lowest BCUT2D eigenvalue weighted by Crippen LogP contribution is -2.41. The van der Waals surface area contributed by atoms with E-state index in [1.165, 1.54) is 108 Å². The molecule has 32 heavy (non-hydrogen) atoms. The number of aryl methyl sites for hydroxylation is 1. The van der Waals surface area contributed by atoms with Gasteiger partial charge in [0.25, 0.3) is 0 Å². The fraction of sp³-hybridized carbons (Fsp3) is 0.793. The van der Waals surface area contributed by atoms with Gasteiger partial charge in [0.1, 0.15) is 0 Å². The van der Waals surface area contributed by atoms with E-state index in [4.69, 9.17) is 9.31 Å². The molecule has 0 atom stereocenters. The first kappa shape index (κ1) is 27.4. The van der Waals surface area contributed by atoms with Crippen LogP contribution < -0.4 is 5.46 Å². The standard InChI is InChI=1S/C29H51BO2/c1-6-7-8-9-10-11-12-13-14-15-16-17-18-19-20-21-26-22-24-27(25-23-26)30-31-28(2,3)29(4,5)32-30/h22-25H,6-21H2,1-5H3. The van der Waals surface area contributed by atoms with Crippen molar-refractivity contribution in [2.45, 2.75) is 149 Å². The van der Waals surface area contributed by atoms with Gasteiger partial charge in [0.15, 0.2) is 0 Å². The van der Waals surface area contributed by atoms with E-state index in [0.717, 1.165) is 5.46 Å². The van der Waals surface area contributed by atoms with E-state index in [0.29, 0.717) is 0 Å². The van der Waals surface area contributed by atoms with Gasteiger partial charge in [-0.25, -0.2) is 0 Å². The van der Waals surface area contributed by atoms with Gasteiger partial charge < -0.3 is 9.31 Å². The highest BCUT2D eigenvalue weighted by Crippen LogP contribution is 2.36. The number of rotatable bonds is 17. The van der Waals surface area contributed by atoms with Crippen LogP contribution >= 0.6 is 0 Å². The Morgan fingerprint density at radius 3 is 1.34 bits per heavy atom. The Balaban J connectivity index is 1.45. The molecular weight excluding hydrogens is 391 g/mol. The van der Waals surface area contributed by atoms with E-state index < -0.39 is 0 Å². The largest absolute Gasteiger partial charge is 0.494 e. The summed E-state index contributed by atoms with van der Waals surface area (Å²) in [7, 11) is -0.250. The topological polar surface area (TPSA) is 18.5 Å². The minimum absolute atomic E-state index is 0.250. The van der Waals surface area contributed by atoms with E-state index in [2.05, 4.69) is 58.9 Å². The van der Waals surface area contributed by atoms with Gasteiger partial charge in [-0.2, -0.15) is 0 Å². The molecule has 0 aromatic heterocycles. The van der Waals surface area contributed by atoms with E-state index in [1.807, 2.05) is 0 Å². The third kappa shape index (κ3) is 9.60. The van der Waals surface area contributed by atoms with Crippen LogP contribution in [0.25, 0.3) is 0 Å². The minimum Gasteiger partial charge on any atom is -0.399 e. The van der Waals surface area contributed by atoms with Gasteiger partial charge in [0.2, 0.25) is 0 Å². The molecule has 1 fully saturated rings. The SMILES string of the molecule is CCCCCCCCCCCCCCCCCc1ccc(B2OC(C)(C)C(C)(C)O2)cc1. The summed E-state index contributed by atoms with van der Waals surface area (Å²) in [6, 6.07) is 8.87. The predicted molar refractivity (Wildman–Crippen MR) is 141 cm³/mol. The second-order valence-corrected chi connectivity index (χ2v) is 11.0. The smallest absolute Gasteiger partial charge is 0.399 e. The molecule has 0 saturated carbocycles. The number of benzene rings is 1. The second kappa shape index (κ2) is 14.5. The first-order chi connectivity index (χ1) is 15.4. The normalized spacial score (nSPS) is 17.2. The van der Waals surface area contributed by atoms with Crippen molar-refractivity contribution in [3.8, 4) is 0 Å². The van der Waals surface area contributed by atoms with Gasteiger partial charge in [0.05, 0.1) is 11.2 Å². The molecule has 0 radical (unpaired) electrons. The van der Waals surface area contributed by atoms with Crippen LogP contribution in [0.4, 0.5) is 0 Å². The van der Waals surface area contributed by atoms with Gasteiger partial charge in [0, 0.05) is 0 Å². The van der Waals surface area contributed by atoms with Crippen LogP contribution in [0.2, 0.25) is 0 Å². The molecule has 1 aromatic carbocycles. The Bertz CT molecular complexity index is 592. The Hall–Kier alpha value is -0.795. The van der Waals surface area contributed by atoms with Gasteiger partial charge >= 0.3 is 7.12 Å². The Morgan fingerprint density at radius 2 is 0.938 bits per heavy atom. The monoisotopic (exact) mass is 442 g/mol. The third-order valence-electron chi connectivity index (χ3n) is 7.57. The van der Waals surface area contributed by atoms with Gasteiger partial charge in [-0.15, -0.1) is 0 Å². The van der Waals surface area contributed by atoms with E-state index in [1.54, 1.807) is 0 Å². The molecule has 0 bridgehead atoms. The van der Waals surface area contributed by atoms with E-state index >= 15 is 0 Å². The molecule has 0 spiro atoms. The second-order valence-electron chi connectivity index (χ2n) is 11.0. The summed E-state index contributed by atoms with van der Waals surface area (Å²) in [6.07, 6.45) is 22.5. The van der Waals surface area contributed by atoms with E-state index in [-0.39, 0.29) is 18.3 Å². The summed E-state index contributed by atoms with van der Waals surface area (Å²) in [4.78, 5) is 0. The van der Waals surface area contributed by atoms with Crippen LogP contribution in [0, 0.1) is 0 Å². The fourth-order valence-electron chi connectivity index (χ4n) is 4.52. The summed E-state index contributed by atoms with van der Waals surface area (Å²) in [5, 5.41) is 0. The summed E-state index contributed by atoms with van der Waals surface area (Å²) < 4.78 is 12.3. The molecule has 1 heterocycles.